The molecule has 2 fully saturated rings. The highest BCUT2D eigenvalue weighted by Crippen LogP contribution is 2.37. The fourth-order valence-corrected chi connectivity index (χ4v) is 5.81. The maximum Gasteiger partial charge on any atom is 0.225 e. The Morgan fingerprint density at radius 3 is 2.56 bits per heavy atom. The molecule has 2 atom stereocenters. The maximum atomic E-state index is 13.4. The highest BCUT2D eigenvalue weighted by Gasteiger charge is 2.38. The number of aromatic hydroxyl groups is 1. The first-order valence-corrected chi connectivity index (χ1v) is 12.9. The Labute approximate surface area is 204 Å². The van der Waals surface area contributed by atoms with E-state index in [-0.39, 0.29) is 11.8 Å². The van der Waals surface area contributed by atoms with Crippen LogP contribution in [0.2, 0.25) is 0 Å². The normalized spacial score (nSPS) is 21.6. The van der Waals surface area contributed by atoms with Crippen molar-refractivity contribution in [1.82, 2.24) is 9.80 Å². The van der Waals surface area contributed by atoms with Gasteiger partial charge in [0.05, 0.1) is 7.11 Å². The van der Waals surface area contributed by atoms with Crippen molar-refractivity contribution in [3.8, 4) is 11.5 Å². The number of para-hydroxylation sites is 1. The quantitative estimate of drug-likeness (QED) is 0.566. The summed E-state index contributed by atoms with van der Waals surface area (Å²) in [5.41, 5.74) is 2.22. The van der Waals surface area contributed by atoms with Gasteiger partial charge in [0.1, 0.15) is 11.5 Å². The molecule has 1 saturated carbocycles. The average Bonchev–Trinajstić information content (AvgIpc) is 3.26. The van der Waals surface area contributed by atoms with Crippen molar-refractivity contribution in [1.29, 1.82) is 0 Å². The Hall–Kier alpha value is -2.53. The summed E-state index contributed by atoms with van der Waals surface area (Å²) in [7, 11) is 1.71. The second kappa shape index (κ2) is 11.3. The van der Waals surface area contributed by atoms with Crippen molar-refractivity contribution in [2.75, 3.05) is 26.7 Å². The largest absolute Gasteiger partial charge is 0.508 e. The van der Waals surface area contributed by atoms with Crippen LogP contribution in [-0.2, 0) is 11.3 Å². The van der Waals surface area contributed by atoms with E-state index in [0.29, 0.717) is 30.2 Å². The number of hydrogen-bond donors (Lipinski definition) is 1. The summed E-state index contributed by atoms with van der Waals surface area (Å²) in [6.07, 6.45) is 5.96. The Morgan fingerprint density at radius 1 is 1.09 bits per heavy atom. The SMILES string of the molecule is COc1cccc(C2CN(Cc3ccccc3O)CC2CN(C(=O)C(C)C)C2CCCCC2)c1. The van der Waals surface area contributed by atoms with Gasteiger partial charge in [0, 0.05) is 49.6 Å². The minimum atomic E-state index is 0.0102. The molecule has 34 heavy (non-hydrogen) atoms. The number of carbonyl (C=O) groups is 1. The van der Waals surface area contributed by atoms with Crippen LogP contribution in [0.5, 0.6) is 11.5 Å². The van der Waals surface area contributed by atoms with E-state index in [1.807, 2.05) is 38.1 Å². The lowest BCUT2D eigenvalue weighted by Gasteiger charge is -2.38. The molecule has 0 aromatic heterocycles. The van der Waals surface area contributed by atoms with Crippen molar-refractivity contribution >= 4 is 5.91 Å². The third-order valence-corrected chi connectivity index (χ3v) is 7.65. The number of phenolic OH excluding ortho intramolecular Hbond substituents is 1. The minimum absolute atomic E-state index is 0.0102. The third-order valence-electron chi connectivity index (χ3n) is 7.65. The Kier molecular flexibility index (Phi) is 8.15. The Morgan fingerprint density at radius 2 is 1.85 bits per heavy atom. The van der Waals surface area contributed by atoms with E-state index in [0.717, 1.165) is 43.8 Å². The Bertz CT molecular complexity index is 954. The van der Waals surface area contributed by atoms with Crippen molar-refractivity contribution in [3.05, 3.63) is 59.7 Å². The van der Waals surface area contributed by atoms with Gasteiger partial charge >= 0.3 is 0 Å². The lowest BCUT2D eigenvalue weighted by Crippen LogP contribution is -2.47. The molecule has 5 nitrogen and oxygen atoms in total. The number of nitrogens with zero attached hydrogens (tertiary/aromatic N) is 2. The van der Waals surface area contributed by atoms with Gasteiger partial charge in [0.15, 0.2) is 0 Å². The fourth-order valence-electron chi connectivity index (χ4n) is 5.81. The smallest absolute Gasteiger partial charge is 0.225 e. The number of carbonyl (C=O) groups excluding carboxylic acids is 1. The van der Waals surface area contributed by atoms with Crippen molar-refractivity contribution < 1.29 is 14.6 Å². The highest BCUT2D eigenvalue weighted by molar-refractivity contribution is 5.78. The van der Waals surface area contributed by atoms with Gasteiger partial charge in [0.2, 0.25) is 5.91 Å². The predicted molar refractivity (Wildman–Crippen MR) is 136 cm³/mol. The molecule has 2 aromatic rings. The highest BCUT2D eigenvalue weighted by atomic mass is 16.5. The molecule has 2 aromatic carbocycles. The van der Waals surface area contributed by atoms with Gasteiger partial charge in [-0.1, -0.05) is 63.4 Å². The van der Waals surface area contributed by atoms with E-state index in [1.165, 1.54) is 24.8 Å². The van der Waals surface area contributed by atoms with E-state index in [2.05, 4.69) is 28.0 Å². The van der Waals surface area contributed by atoms with Crippen LogP contribution in [0.15, 0.2) is 48.5 Å². The van der Waals surface area contributed by atoms with Gasteiger partial charge in [-0.15, -0.1) is 0 Å². The molecule has 0 bridgehead atoms. The molecule has 2 aliphatic rings. The molecule has 2 unspecified atom stereocenters. The van der Waals surface area contributed by atoms with Crippen LogP contribution >= 0.6 is 0 Å². The third kappa shape index (κ3) is 5.75. The molecule has 1 saturated heterocycles. The van der Waals surface area contributed by atoms with Crippen LogP contribution in [-0.4, -0.2) is 53.6 Å². The number of benzene rings is 2. The van der Waals surface area contributed by atoms with Gasteiger partial charge in [-0.25, -0.2) is 0 Å². The lowest BCUT2D eigenvalue weighted by molar-refractivity contribution is -0.138. The first kappa shape index (κ1) is 24.6. The number of ether oxygens (including phenoxy) is 1. The second-order valence-electron chi connectivity index (χ2n) is 10.4. The fraction of sp³-hybridized carbons (Fsp3) is 0.552. The van der Waals surface area contributed by atoms with E-state index in [1.54, 1.807) is 13.2 Å². The van der Waals surface area contributed by atoms with Crippen LogP contribution in [0.1, 0.15) is 63.0 Å². The summed E-state index contributed by atoms with van der Waals surface area (Å²) in [6, 6.07) is 16.4. The molecule has 1 aliphatic carbocycles. The van der Waals surface area contributed by atoms with Crippen molar-refractivity contribution in [2.45, 2.75) is 64.5 Å². The summed E-state index contributed by atoms with van der Waals surface area (Å²) in [5, 5.41) is 10.3. The number of phenols is 1. The zero-order valence-electron chi connectivity index (χ0n) is 21.0. The monoisotopic (exact) mass is 464 g/mol. The molecule has 184 valence electrons. The summed E-state index contributed by atoms with van der Waals surface area (Å²) in [5.74, 6) is 2.17. The maximum absolute atomic E-state index is 13.4. The molecule has 5 heteroatoms. The zero-order valence-corrected chi connectivity index (χ0v) is 21.0. The topological polar surface area (TPSA) is 53.0 Å². The van der Waals surface area contributed by atoms with Crippen LogP contribution in [0.3, 0.4) is 0 Å². The molecule has 0 spiro atoms. The molecule has 4 rings (SSSR count). The predicted octanol–water partition coefficient (Wildman–Crippen LogP) is 5.43. The molecular weight excluding hydrogens is 424 g/mol. The van der Waals surface area contributed by atoms with Gasteiger partial charge in [-0.3, -0.25) is 9.69 Å². The van der Waals surface area contributed by atoms with Crippen LogP contribution in [0.4, 0.5) is 0 Å². The van der Waals surface area contributed by atoms with Gasteiger partial charge < -0.3 is 14.7 Å². The number of amides is 1. The number of hydrogen-bond acceptors (Lipinski definition) is 4. The summed E-state index contributed by atoms with van der Waals surface area (Å²) >= 11 is 0. The van der Waals surface area contributed by atoms with Crippen LogP contribution in [0.25, 0.3) is 0 Å². The first-order valence-electron chi connectivity index (χ1n) is 12.9. The summed E-state index contributed by atoms with van der Waals surface area (Å²) < 4.78 is 5.52. The number of methoxy groups -OCH3 is 1. The van der Waals surface area contributed by atoms with E-state index in [4.69, 9.17) is 4.74 Å². The molecule has 0 radical (unpaired) electrons. The minimum Gasteiger partial charge on any atom is -0.508 e. The second-order valence-corrected chi connectivity index (χ2v) is 10.4. The van der Waals surface area contributed by atoms with Crippen molar-refractivity contribution in [2.24, 2.45) is 11.8 Å². The van der Waals surface area contributed by atoms with E-state index in [9.17, 15) is 9.90 Å². The van der Waals surface area contributed by atoms with Gasteiger partial charge in [-0.2, -0.15) is 0 Å². The van der Waals surface area contributed by atoms with Crippen LogP contribution < -0.4 is 4.74 Å². The molecule has 1 heterocycles. The lowest BCUT2D eigenvalue weighted by atomic mass is 9.86. The standard InChI is InChI=1S/C29H40N2O3/c1-21(2)29(33)31(25-12-5-4-6-13-25)19-24-18-30(17-23-10-7-8-15-28(23)32)20-27(24)22-11-9-14-26(16-22)34-3/h7-11,14-16,21,24-25,27,32H,4-6,12-13,17-20H2,1-3H3. The molecular formula is C29H40N2O3. The molecule has 1 N–H and O–H groups in total. The summed E-state index contributed by atoms with van der Waals surface area (Å²) in [6.45, 7) is 7.37. The number of likely N-dealkylation sites (tertiary alicyclic amines) is 1. The Balaban J connectivity index is 1.60. The average molecular weight is 465 g/mol. The van der Waals surface area contributed by atoms with E-state index < -0.39 is 0 Å². The number of rotatable bonds is 8. The summed E-state index contributed by atoms with van der Waals surface area (Å²) in [4.78, 5) is 18.0. The van der Waals surface area contributed by atoms with Gasteiger partial charge in [-0.05, 0) is 42.5 Å². The van der Waals surface area contributed by atoms with E-state index >= 15 is 0 Å². The van der Waals surface area contributed by atoms with Crippen LogP contribution in [0, 0.1) is 11.8 Å². The molecule has 1 aliphatic heterocycles. The first-order chi connectivity index (χ1) is 16.5. The van der Waals surface area contributed by atoms with Crippen molar-refractivity contribution in [3.63, 3.8) is 0 Å². The molecule has 1 amide bonds. The van der Waals surface area contributed by atoms with Gasteiger partial charge in [0.25, 0.3) is 0 Å². The zero-order chi connectivity index (χ0) is 24.1.